The zero-order valence-electron chi connectivity index (χ0n) is 8.79. The van der Waals surface area contributed by atoms with Crippen LogP contribution in [-0.2, 0) is 4.79 Å². The third-order valence-corrected chi connectivity index (χ3v) is 3.42. The predicted octanol–water partition coefficient (Wildman–Crippen LogP) is -0.696. The highest BCUT2D eigenvalue weighted by molar-refractivity contribution is 5.82. The molecule has 0 bridgehead atoms. The lowest BCUT2D eigenvalue weighted by molar-refractivity contribution is -0.123. The van der Waals surface area contributed by atoms with E-state index in [1.165, 1.54) is 0 Å². The van der Waals surface area contributed by atoms with Gasteiger partial charge in [0, 0.05) is 19.1 Å². The largest absolute Gasteiger partial charge is 0.351 e. The normalized spacial score (nSPS) is 36.7. The van der Waals surface area contributed by atoms with Crippen LogP contribution in [0.15, 0.2) is 0 Å². The van der Waals surface area contributed by atoms with Crippen LogP contribution in [-0.4, -0.2) is 31.1 Å². The first kappa shape index (κ1) is 9.93. The monoisotopic (exact) mass is 197 g/mol. The van der Waals surface area contributed by atoms with E-state index in [1.54, 1.807) is 0 Å². The van der Waals surface area contributed by atoms with Gasteiger partial charge in [0.2, 0.25) is 5.91 Å². The number of hydrogen-bond donors (Lipinski definition) is 3. The van der Waals surface area contributed by atoms with Gasteiger partial charge in [-0.2, -0.15) is 0 Å². The first-order valence-corrected chi connectivity index (χ1v) is 5.38. The van der Waals surface area contributed by atoms with E-state index in [1.807, 2.05) is 13.8 Å². The van der Waals surface area contributed by atoms with Gasteiger partial charge in [-0.1, -0.05) is 13.8 Å². The molecule has 80 valence electrons. The molecule has 14 heavy (non-hydrogen) atoms. The number of piperidine rings is 1. The highest BCUT2D eigenvalue weighted by Gasteiger charge is 2.53. The van der Waals surface area contributed by atoms with Crippen molar-refractivity contribution in [2.24, 2.45) is 23.5 Å². The van der Waals surface area contributed by atoms with Gasteiger partial charge in [0.05, 0.1) is 6.04 Å². The Labute approximate surface area is 84.6 Å². The minimum atomic E-state index is -0.357. The number of fused-ring (bicyclic) bond motifs is 1. The van der Waals surface area contributed by atoms with E-state index >= 15 is 0 Å². The van der Waals surface area contributed by atoms with Gasteiger partial charge in [-0.3, -0.25) is 4.79 Å². The molecule has 0 spiro atoms. The molecule has 0 aromatic heterocycles. The van der Waals surface area contributed by atoms with Gasteiger partial charge in [-0.15, -0.1) is 0 Å². The van der Waals surface area contributed by atoms with E-state index in [0.717, 1.165) is 13.1 Å². The van der Waals surface area contributed by atoms with Crippen LogP contribution in [0.5, 0.6) is 0 Å². The van der Waals surface area contributed by atoms with Gasteiger partial charge in [-0.05, 0) is 17.8 Å². The van der Waals surface area contributed by atoms with Crippen molar-refractivity contribution in [1.82, 2.24) is 10.6 Å². The summed E-state index contributed by atoms with van der Waals surface area (Å²) in [5, 5.41) is 6.33. The summed E-state index contributed by atoms with van der Waals surface area (Å²) >= 11 is 0. The fourth-order valence-electron chi connectivity index (χ4n) is 2.20. The zero-order chi connectivity index (χ0) is 10.3. The van der Waals surface area contributed by atoms with E-state index in [-0.39, 0.29) is 17.9 Å². The number of nitrogens with two attached hydrogens (primary N) is 1. The Morgan fingerprint density at radius 2 is 2.00 bits per heavy atom. The Hall–Kier alpha value is -0.610. The molecular weight excluding hydrogens is 178 g/mol. The minimum absolute atomic E-state index is 0.0133. The summed E-state index contributed by atoms with van der Waals surface area (Å²) in [6.45, 7) is 6.04. The van der Waals surface area contributed by atoms with Crippen molar-refractivity contribution >= 4 is 5.91 Å². The number of hydrogen-bond acceptors (Lipinski definition) is 3. The Kier molecular flexibility index (Phi) is 2.49. The van der Waals surface area contributed by atoms with Crippen LogP contribution in [0, 0.1) is 17.8 Å². The van der Waals surface area contributed by atoms with E-state index in [4.69, 9.17) is 5.73 Å². The highest BCUT2D eigenvalue weighted by atomic mass is 16.2. The number of carbonyl (C=O) groups excluding carboxylic acids is 1. The molecule has 0 radical (unpaired) electrons. The molecule has 1 aliphatic carbocycles. The molecule has 2 rings (SSSR count). The maximum atomic E-state index is 11.6. The molecule has 2 unspecified atom stereocenters. The molecule has 2 aliphatic rings. The topological polar surface area (TPSA) is 67.2 Å². The number of amides is 1. The number of carbonyl (C=O) groups is 1. The van der Waals surface area contributed by atoms with Crippen LogP contribution < -0.4 is 16.4 Å². The lowest BCUT2D eigenvalue weighted by Gasteiger charge is -2.16. The van der Waals surface area contributed by atoms with Gasteiger partial charge >= 0.3 is 0 Å². The second-order valence-electron chi connectivity index (χ2n) is 4.79. The fraction of sp³-hybridized carbons (Fsp3) is 0.900. The molecule has 4 N–H and O–H groups in total. The van der Waals surface area contributed by atoms with Crippen LogP contribution >= 0.6 is 0 Å². The molecule has 4 heteroatoms. The second-order valence-corrected chi connectivity index (χ2v) is 4.79. The molecule has 1 amide bonds. The van der Waals surface area contributed by atoms with Crippen LogP contribution in [0.1, 0.15) is 13.8 Å². The van der Waals surface area contributed by atoms with Gasteiger partial charge < -0.3 is 16.4 Å². The van der Waals surface area contributed by atoms with Crippen LogP contribution in [0.25, 0.3) is 0 Å². The van der Waals surface area contributed by atoms with E-state index < -0.39 is 0 Å². The molecule has 3 atom stereocenters. The molecular formula is C10H19N3O. The third-order valence-electron chi connectivity index (χ3n) is 3.42. The Balaban J connectivity index is 1.79. The number of nitrogens with one attached hydrogen (secondary N) is 2. The molecule has 2 fully saturated rings. The first-order chi connectivity index (χ1) is 6.61. The molecule has 4 nitrogen and oxygen atoms in total. The van der Waals surface area contributed by atoms with Crippen LogP contribution in [0.3, 0.4) is 0 Å². The van der Waals surface area contributed by atoms with Gasteiger partial charge in [0.25, 0.3) is 0 Å². The Morgan fingerprint density at radius 1 is 1.43 bits per heavy atom. The predicted molar refractivity (Wildman–Crippen MR) is 54.6 cm³/mol. The summed E-state index contributed by atoms with van der Waals surface area (Å²) in [5.74, 6) is 1.56. The van der Waals surface area contributed by atoms with Crippen molar-refractivity contribution in [3.05, 3.63) is 0 Å². The van der Waals surface area contributed by atoms with Crippen molar-refractivity contribution in [3.63, 3.8) is 0 Å². The van der Waals surface area contributed by atoms with Crippen LogP contribution in [0.4, 0.5) is 0 Å². The summed E-state index contributed by atoms with van der Waals surface area (Å²) in [6, 6.07) is 0.0397. The van der Waals surface area contributed by atoms with Crippen LogP contribution in [0.2, 0.25) is 0 Å². The quantitative estimate of drug-likeness (QED) is 0.560. The summed E-state index contributed by atoms with van der Waals surface area (Å²) in [7, 11) is 0. The maximum absolute atomic E-state index is 11.6. The highest BCUT2D eigenvalue weighted by Crippen LogP contribution is 2.41. The van der Waals surface area contributed by atoms with E-state index in [0.29, 0.717) is 17.9 Å². The number of rotatable bonds is 3. The van der Waals surface area contributed by atoms with E-state index in [2.05, 4.69) is 10.6 Å². The Morgan fingerprint density at radius 3 is 2.50 bits per heavy atom. The lowest BCUT2D eigenvalue weighted by Crippen LogP contribution is -2.46. The van der Waals surface area contributed by atoms with Crippen molar-refractivity contribution < 1.29 is 4.79 Å². The van der Waals surface area contributed by atoms with Crippen molar-refractivity contribution in [3.8, 4) is 0 Å². The molecule has 1 aliphatic heterocycles. The molecule has 0 aromatic rings. The summed E-state index contributed by atoms with van der Waals surface area (Å²) in [4.78, 5) is 11.6. The molecule has 1 saturated heterocycles. The lowest BCUT2D eigenvalue weighted by atomic mass is 10.1. The van der Waals surface area contributed by atoms with Gasteiger partial charge in [-0.25, -0.2) is 0 Å². The molecule has 0 aromatic carbocycles. The first-order valence-electron chi connectivity index (χ1n) is 5.38. The zero-order valence-corrected chi connectivity index (χ0v) is 8.79. The Bertz CT molecular complexity index is 232. The van der Waals surface area contributed by atoms with Gasteiger partial charge in [0.1, 0.15) is 0 Å². The maximum Gasteiger partial charge on any atom is 0.237 e. The van der Waals surface area contributed by atoms with Crippen molar-refractivity contribution in [1.29, 1.82) is 0 Å². The SMILES string of the molecule is CC(C)[C@@H](N)C(=O)NC1C2CNCC21. The van der Waals surface area contributed by atoms with E-state index in [9.17, 15) is 4.79 Å². The van der Waals surface area contributed by atoms with Crippen molar-refractivity contribution in [2.45, 2.75) is 25.9 Å². The third kappa shape index (κ3) is 1.64. The summed E-state index contributed by atoms with van der Waals surface area (Å²) in [5.41, 5.74) is 5.76. The minimum Gasteiger partial charge on any atom is -0.351 e. The summed E-state index contributed by atoms with van der Waals surface area (Å²) < 4.78 is 0. The molecule has 1 saturated carbocycles. The standard InChI is InChI=1S/C10H19N3O/c1-5(2)8(11)10(14)13-9-6-3-12-4-7(6)9/h5-9,12H,3-4,11H2,1-2H3,(H,13,14)/t6?,7?,8-,9?/m1/s1. The fourth-order valence-corrected chi connectivity index (χ4v) is 2.20. The average Bonchev–Trinajstić information content (AvgIpc) is 2.63. The van der Waals surface area contributed by atoms with Crippen molar-refractivity contribution in [2.75, 3.05) is 13.1 Å². The average molecular weight is 197 g/mol. The second kappa shape index (κ2) is 3.51. The smallest absolute Gasteiger partial charge is 0.237 e. The molecule has 1 heterocycles. The summed E-state index contributed by atoms with van der Waals surface area (Å²) in [6.07, 6.45) is 0. The van der Waals surface area contributed by atoms with Gasteiger partial charge in [0.15, 0.2) is 0 Å².